The van der Waals surface area contributed by atoms with Crippen molar-refractivity contribution >= 4 is 16.9 Å². The van der Waals surface area contributed by atoms with Crippen LogP contribution in [0.2, 0.25) is 0 Å². The van der Waals surface area contributed by atoms with E-state index in [1.54, 1.807) is 18.2 Å². The summed E-state index contributed by atoms with van der Waals surface area (Å²) in [5, 5.41) is 16.9. The summed E-state index contributed by atoms with van der Waals surface area (Å²) in [5.41, 5.74) is 7.23. The Labute approximate surface area is 216 Å². The van der Waals surface area contributed by atoms with Crippen LogP contribution >= 0.6 is 0 Å². The lowest BCUT2D eigenvalue weighted by atomic mass is 9.90. The third-order valence-electron chi connectivity index (χ3n) is 7.73. The minimum Gasteiger partial charge on any atom is -0.333 e. The van der Waals surface area contributed by atoms with Gasteiger partial charge in [0.1, 0.15) is 22.9 Å². The molecule has 0 aliphatic carbocycles. The van der Waals surface area contributed by atoms with Gasteiger partial charge in [0.2, 0.25) is 0 Å². The highest BCUT2D eigenvalue weighted by Gasteiger charge is 2.42. The van der Waals surface area contributed by atoms with Crippen LogP contribution in [0.3, 0.4) is 0 Å². The van der Waals surface area contributed by atoms with Gasteiger partial charge in [-0.15, -0.1) is 5.10 Å². The largest absolute Gasteiger partial charge is 0.333 e. The Bertz CT molecular complexity index is 1640. The summed E-state index contributed by atoms with van der Waals surface area (Å²) < 4.78 is 46.3. The molecule has 10 heteroatoms. The molecule has 2 N–H and O–H groups in total. The number of amides is 1. The van der Waals surface area contributed by atoms with E-state index in [2.05, 4.69) is 10.3 Å². The summed E-state index contributed by atoms with van der Waals surface area (Å²) in [5.74, 6) is -3.15. The topological polar surface area (TPSA) is 101 Å². The van der Waals surface area contributed by atoms with Crippen LogP contribution < -0.4 is 5.73 Å². The monoisotopic (exact) mass is 516 g/mol. The van der Waals surface area contributed by atoms with Crippen LogP contribution in [0.15, 0.2) is 42.5 Å². The first-order valence-corrected chi connectivity index (χ1v) is 12.4. The van der Waals surface area contributed by atoms with E-state index in [0.29, 0.717) is 16.7 Å². The molecule has 2 aliphatic rings. The summed E-state index contributed by atoms with van der Waals surface area (Å²) in [6, 6.07) is 12.0. The smallest absolute Gasteiger partial charge is 0.254 e. The van der Waals surface area contributed by atoms with Crippen LogP contribution in [-0.4, -0.2) is 43.9 Å². The Kier molecular flexibility index (Phi) is 5.69. The van der Waals surface area contributed by atoms with Crippen molar-refractivity contribution in [3.63, 3.8) is 0 Å². The lowest BCUT2D eigenvalue weighted by molar-refractivity contribution is 0.0575. The Hall–Kier alpha value is -4.23. The van der Waals surface area contributed by atoms with Crippen LogP contribution in [0, 0.1) is 28.8 Å². The number of piperidine rings is 1. The molecule has 38 heavy (non-hydrogen) atoms. The number of rotatable bonds is 3. The van der Waals surface area contributed by atoms with Gasteiger partial charge in [-0.25, -0.2) is 17.9 Å². The standard InChI is InChI=1S/C28H23F3N6O/c1-36-27-24(34-35-36)12-22(25(30)26(27)31)20-7-4-15(8-21(20)14-2-3-16(13-32)23(29)9-14)28(38)37-18-5-6-19(37)11-17(33)10-18/h2-4,7-9,12,17-19H,5-6,10-11,33H2,1H3. The fraction of sp³-hybridized carbons (Fsp3) is 0.286. The molecule has 4 aromatic rings. The maximum atomic E-state index is 15.4. The average Bonchev–Trinajstić information content (AvgIpc) is 3.41. The maximum Gasteiger partial charge on any atom is 0.254 e. The van der Waals surface area contributed by atoms with Gasteiger partial charge >= 0.3 is 0 Å². The number of benzene rings is 3. The van der Waals surface area contributed by atoms with Crippen molar-refractivity contribution in [3.05, 3.63) is 71.0 Å². The lowest BCUT2D eigenvalue weighted by Gasteiger charge is -2.38. The number of carbonyl (C=O) groups excluding carboxylic acids is 1. The number of aryl methyl sites for hydroxylation is 1. The Morgan fingerprint density at radius 2 is 1.74 bits per heavy atom. The summed E-state index contributed by atoms with van der Waals surface area (Å²) in [6.45, 7) is 0. The zero-order valence-electron chi connectivity index (χ0n) is 20.5. The van der Waals surface area contributed by atoms with Gasteiger partial charge in [-0.1, -0.05) is 17.3 Å². The van der Waals surface area contributed by atoms with Crippen molar-refractivity contribution in [3.8, 4) is 28.3 Å². The van der Waals surface area contributed by atoms with Crippen LogP contribution in [0.4, 0.5) is 13.2 Å². The van der Waals surface area contributed by atoms with Gasteiger partial charge in [-0.2, -0.15) is 5.26 Å². The van der Waals surface area contributed by atoms with Crippen LogP contribution in [0.25, 0.3) is 33.3 Å². The normalized spacial score (nSPS) is 20.6. The zero-order valence-corrected chi connectivity index (χ0v) is 20.5. The first-order chi connectivity index (χ1) is 18.3. The van der Waals surface area contributed by atoms with Crippen molar-refractivity contribution < 1.29 is 18.0 Å². The molecule has 0 spiro atoms. The number of fused-ring (bicyclic) bond motifs is 3. The van der Waals surface area contributed by atoms with E-state index in [1.807, 2.05) is 4.90 Å². The number of hydrogen-bond donors (Lipinski definition) is 1. The van der Waals surface area contributed by atoms with Gasteiger partial charge in [0, 0.05) is 36.3 Å². The first-order valence-electron chi connectivity index (χ1n) is 12.4. The highest BCUT2D eigenvalue weighted by Crippen LogP contribution is 2.40. The van der Waals surface area contributed by atoms with Crippen molar-refractivity contribution in [2.45, 2.75) is 43.8 Å². The summed E-state index contributed by atoms with van der Waals surface area (Å²) in [4.78, 5) is 15.6. The van der Waals surface area contributed by atoms with Crippen LogP contribution in [0.1, 0.15) is 41.6 Å². The fourth-order valence-corrected chi connectivity index (χ4v) is 5.97. The van der Waals surface area contributed by atoms with Gasteiger partial charge in [0.05, 0.1) is 5.56 Å². The first kappa shape index (κ1) is 24.1. The second-order valence-corrected chi connectivity index (χ2v) is 10.0. The van der Waals surface area contributed by atoms with Crippen molar-refractivity contribution in [1.82, 2.24) is 19.9 Å². The number of nitrogens with zero attached hydrogens (tertiary/aromatic N) is 5. The number of nitrogens with two attached hydrogens (primary N) is 1. The molecule has 3 aromatic carbocycles. The highest BCUT2D eigenvalue weighted by atomic mass is 19.2. The summed E-state index contributed by atoms with van der Waals surface area (Å²) in [7, 11) is 1.46. The molecule has 2 fully saturated rings. The van der Waals surface area contributed by atoms with E-state index < -0.39 is 17.5 Å². The molecule has 192 valence electrons. The molecule has 2 unspecified atom stereocenters. The molecule has 2 atom stereocenters. The maximum absolute atomic E-state index is 15.4. The van der Waals surface area contributed by atoms with E-state index in [1.165, 1.54) is 31.3 Å². The number of aromatic nitrogens is 3. The van der Waals surface area contributed by atoms with Crippen LogP contribution in [0.5, 0.6) is 0 Å². The minimum atomic E-state index is -1.11. The Morgan fingerprint density at radius 3 is 2.42 bits per heavy atom. The van der Waals surface area contributed by atoms with Crippen LogP contribution in [-0.2, 0) is 7.05 Å². The van der Waals surface area contributed by atoms with E-state index in [9.17, 15) is 9.18 Å². The van der Waals surface area contributed by atoms with E-state index >= 15 is 8.78 Å². The van der Waals surface area contributed by atoms with Crippen molar-refractivity contribution in [2.75, 3.05) is 0 Å². The molecule has 3 heterocycles. The molecule has 1 amide bonds. The SMILES string of the molecule is Cn1nnc2cc(-c3ccc(C(=O)N4C5CCC4CC(N)C5)cc3-c3ccc(C#N)c(F)c3)c(F)c(F)c21. The third-order valence-corrected chi connectivity index (χ3v) is 7.73. The van der Waals surface area contributed by atoms with Gasteiger partial charge in [0.15, 0.2) is 11.6 Å². The van der Waals surface area contributed by atoms with Gasteiger partial charge in [-0.3, -0.25) is 4.79 Å². The molecular weight excluding hydrogens is 493 g/mol. The molecule has 1 aromatic heterocycles. The lowest BCUT2D eigenvalue weighted by Crippen LogP contribution is -2.50. The van der Waals surface area contributed by atoms with Crippen molar-refractivity contribution in [2.24, 2.45) is 12.8 Å². The van der Waals surface area contributed by atoms with Crippen molar-refractivity contribution in [1.29, 1.82) is 5.26 Å². The molecule has 2 bridgehead atoms. The number of carbonyl (C=O) groups is 1. The quantitative estimate of drug-likeness (QED) is 0.426. The second-order valence-electron chi connectivity index (χ2n) is 10.0. The predicted octanol–water partition coefficient (Wildman–Crippen LogP) is 4.69. The summed E-state index contributed by atoms with van der Waals surface area (Å²) in [6.07, 6.45) is 3.24. The number of halogens is 3. The van der Waals surface area contributed by atoms with Gasteiger partial charge < -0.3 is 10.6 Å². The van der Waals surface area contributed by atoms with E-state index in [0.717, 1.165) is 36.4 Å². The third kappa shape index (κ3) is 3.73. The fourth-order valence-electron chi connectivity index (χ4n) is 5.97. The molecule has 6 rings (SSSR count). The van der Waals surface area contributed by atoms with E-state index in [4.69, 9.17) is 11.0 Å². The summed E-state index contributed by atoms with van der Waals surface area (Å²) >= 11 is 0. The van der Waals surface area contributed by atoms with Gasteiger partial charge in [-0.05, 0) is 72.7 Å². The Balaban J connectivity index is 1.52. The average molecular weight is 517 g/mol. The molecule has 7 nitrogen and oxygen atoms in total. The zero-order chi connectivity index (χ0) is 26.7. The minimum absolute atomic E-state index is 0.0531. The second kappa shape index (κ2) is 8.96. The molecule has 2 saturated heterocycles. The molecular formula is C28H23F3N6O. The molecule has 2 aliphatic heterocycles. The van der Waals surface area contributed by atoms with Gasteiger partial charge in [0.25, 0.3) is 5.91 Å². The predicted molar refractivity (Wildman–Crippen MR) is 134 cm³/mol. The Morgan fingerprint density at radius 1 is 1.00 bits per heavy atom. The number of hydrogen-bond acceptors (Lipinski definition) is 5. The van der Waals surface area contributed by atoms with E-state index in [-0.39, 0.29) is 51.8 Å². The molecule has 0 saturated carbocycles. The highest BCUT2D eigenvalue weighted by molar-refractivity contribution is 5.99. The number of nitriles is 1. The molecule has 0 radical (unpaired) electrons.